The van der Waals surface area contributed by atoms with Crippen LogP contribution in [0.3, 0.4) is 0 Å². The first-order valence-corrected chi connectivity index (χ1v) is 11.5. The summed E-state index contributed by atoms with van der Waals surface area (Å²) < 4.78 is 2.24. The van der Waals surface area contributed by atoms with E-state index in [0.717, 1.165) is 43.9 Å². The zero-order valence-electron chi connectivity index (χ0n) is 18.0. The van der Waals surface area contributed by atoms with E-state index in [2.05, 4.69) is 34.9 Å². The lowest BCUT2D eigenvalue weighted by atomic mass is 10.1. The number of carbonyl (C=O) groups is 1. The van der Waals surface area contributed by atoms with Crippen LogP contribution < -0.4 is 4.90 Å². The lowest BCUT2D eigenvalue weighted by molar-refractivity contribution is -0.117. The van der Waals surface area contributed by atoms with Crippen LogP contribution in [0.5, 0.6) is 0 Å². The minimum atomic E-state index is 0.0167. The molecule has 162 valence electrons. The minimum Gasteiger partial charge on any atom is -0.323 e. The second-order valence-corrected chi connectivity index (χ2v) is 9.01. The predicted octanol–water partition coefficient (Wildman–Crippen LogP) is 6.41. The van der Waals surface area contributed by atoms with Gasteiger partial charge in [0.05, 0.1) is 16.7 Å². The standard InChI is InChI=1S/C28H22ClN3O/c29-22-10-5-7-19(15-22)17-32-26-13-4-3-12-24(26)30-28(32)21-16-27(33)31(18-21)25-14-6-9-20-8-1-2-11-23(20)25/h1-15,21H,16-18H2. The Morgan fingerprint density at radius 1 is 0.909 bits per heavy atom. The first-order chi connectivity index (χ1) is 16.2. The number of nitrogens with zero attached hydrogens (tertiary/aromatic N) is 3. The Kier molecular flexibility index (Phi) is 4.88. The van der Waals surface area contributed by atoms with Crippen molar-refractivity contribution in [3.63, 3.8) is 0 Å². The lowest BCUT2D eigenvalue weighted by Gasteiger charge is -2.19. The zero-order chi connectivity index (χ0) is 22.4. The Balaban J connectivity index is 1.41. The van der Waals surface area contributed by atoms with Crippen LogP contribution in [-0.4, -0.2) is 22.0 Å². The van der Waals surface area contributed by atoms with Crippen molar-refractivity contribution in [3.8, 4) is 0 Å². The number of rotatable bonds is 4. The van der Waals surface area contributed by atoms with Crippen molar-refractivity contribution in [1.82, 2.24) is 9.55 Å². The first-order valence-electron chi connectivity index (χ1n) is 11.1. The number of fused-ring (bicyclic) bond motifs is 2. The molecule has 1 aliphatic rings. The molecule has 1 fully saturated rings. The highest BCUT2D eigenvalue weighted by atomic mass is 35.5. The molecule has 0 saturated carbocycles. The van der Waals surface area contributed by atoms with E-state index in [0.29, 0.717) is 19.5 Å². The van der Waals surface area contributed by atoms with Crippen LogP contribution in [0, 0.1) is 0 Å². The molecule has 1 aromatic heterocycles. The molecule has 6 rings (SSSR count). The number of imidazole rings is 1. The number of amides is 1. The SMILES string of the molecule is O=C1CC(c2nc3ccccc3n2Cc2cccc(Cl)c2)CN1c1cccc2ccccc12. The Morgan fingerprint density at radius 2 is 1.70 bits per heavy atom. The maximum Gasteiger partial charge on any atom is 0.227 e. The summed E-state index contributed by atoms with van der Waals surface area (Å²) in [5.41, 5.74) is 4.11. The third-order valence-electron chi connectivity index (χ3n) is 6.46. The highest BCUT2D eigenvalue weighted by Crippen LogP contribution is 2.36. The molecule has 5 aromatic rings. The molecule has 2 heterocycles. The predicted molar refractivity (Wildman–Crippen MR) is 134 cm³/mol. The van der Waals surface area contributed by atoms with E-state index in [1.807, 2.05) is 65.6 Å². The summed E-state index contributed by atoms with van der Waals surface area (Å²) in [5, 5.41) is 2.96. The largest absolute Gasteiger partial charge is 0.323 e. The number of hydrogen-bond acceptors (Lipinski definition) is 2. The van der Waals surface area contributed by atoms with Crippen LogP contribution in [0.2, 0.25) is 5.02 Å². The van der Waals surface area contributed by atoms with Crippen molar-refractivity contribution < 1.29 is 4.79 Å². The summed E-state index contributed by atoms with van der Waals surface area (Å²) in [6, 6.07) is 30.4. The van der Waals surface area contributed by atoms with Gasteiger partial charge in [0.25, 0.3) is 0 Å². The van der Waals surface area contributed by atoms with Crippen molar-refractivity contribution in [2.24, 2.45) is 0 Å². The molecule has 4 nitrogen and oxygen atoms in total. The van der Waals surface area contributed by atoms with Gasteiger partial charge in [-0.05, 0) is 41.3 Å². The van der Waals surface area contributed by atoms with Gasteiger partial charge >= 0.3 is 0 Å². The highest BCUT2D eigenvalue weighted by Gasteiger charge is 2.35. The molecule has 1 unspecified atom stereocenters. The Labute approximate surface area is 197 Å². The number of benzene rings is 4. The summed E-state index contributed by atoms with van der Waals surface area (Å²) in [6.07, 6.45) is 0.447. The minimum absolute atomic E-state index is 0.0167. The van der Waals surface area contributed by atoms with Crippen LogP contribution in [0.1, 0.15) is 23.7 Å². The van der Waals surface area contributed by atoms with E-state index in [4.69, 9.17) is 16.6 Å². The van der Waals surface area contributed by atoms with Gasteiger partial charge in [0.1, 0.15) is 5.82 Å². The monoisotopic (exact) mass is 451 g/mol. The number of aromatic nitrogens is 2. The van der Waals surface area contributed by atoms with Crippen molar-refractivity contribution in [3.05, 3.63) is 107 Å². The number of carbonyl (C=O) groups excluding carboxylic acids is 1. The van der Waals surface area contributed by atoms with Crippen LogP contribution in [0.25, 0.3) is 21.8 Å². The molecule has 1 aliphatic heterocycles. The fraction of sp³-hybridized carbons (Fsp3) is 0.143. The number of anilines is 1. The molecule has 1 saturated heterocycles. The van der Waals surface area contributed by atoms with E-state index in [1.165, 1.54) is 0 Å². The van der Waals surface area contributed by atoms with Crippen molar-refractivity contribution in [2.45, 2.75) is 18.9 Å². The van der Waals surface area contributed by atoms with E-state index in [1.54, 1.807) is 0 Å². The van der Waals surface area contributed by atoms with Crippen LogP contribution in [0.15, 0.2) is 91.0 Å². The fourth-order valence-corrected chi connectivity index (χ4v) is 5.16. The summed E-state index contributed by atoms with van der Waals surface area (Å²) in [7, 11) is 0. The third-order valence-corrected chi connectivity index (χ3v) is 6.70. The Morgan fingerprint density at radius 3 is 2.61 bits per heavy atom. The summed E-state index contributed by atoms with van der Waals surface area (Å²) in [6.45, 7) is 1.28. The fourth-order valence-electron chi connectivity index (χ4n) is 4.95. The molecule has 0 bridgehead atoms. The average Bonchev–Trinajstić information content (AvgIpc) is 3.39. The van der Waals surface area contributed by atoms with Crippen LogP contribution >= 0.6 is 11.6 Å². The first kappa shape index (κ1) is 20.0. The third kappa shape index (κ3) is 3.57. The van der Waals surface area contributed by atoms with E-state index in [-0.39, 0.29) is 11.8 Å². The Hall–Kier alpha value is -3.63. The molecule has 1 atom stereocenters. The maximum atomic E-state index is 13.2. The van der Waals surface area contributed by atoms with E-state index in [9.17, 15) is 4.79 Å². The van der Waals surface area contributed by atoms with Gasteiger partial charge in [-0.3, -0.25) is 4.79 Å². The highest BCUT2D eigenvalue weighted by molar-refractivity contribution is 6.30. The molecule has 33 heavy (non-hydrogen) atoms. The van der Waals surface area contributed by atoms with E-state index >= 15 is 0 Å². The van der Waals surface area contributed by atoms with Crippen molar-refractivity contribution in [2.75, 3.05) is 11.4 Å². The van der Waals surface area contributed by atoms with Crippen LogP contribution in [-0.2, 0) is 11.3 Å². The smallest absolute Gasteiger partial charge is 0.227 e. The number of halogens is 1. The normalized spacial score (nSPS) is 16.2. The van der Waals surface area contributed by atoms with E-state index < -0.39 is 0 Å². The molecule has 0 aliphatic carbocycles. The van der Waals surface area contributed by atoms with Gasteiger partial charge in [-0.15, -0.1) is 0 Å². The molecule has 4 aromatic carbocycles. The average molecular weight is 452 g/mol. The van der Waals surface area contributed by atoms with Gasteiger partial charge in [-0.2, -0.15) is 0 Å². The lowest BCUT2D eigenvalue weighted by Crippen LogP contribution is -2.24. The van der Waals surface area contributed by atoms with Crippen LogP contribution in [0.4, 0.5) is 5.69 Å². The van der Waals surface area contributed by atoms with Gasteiger partial charge in [-0.25, -0.2) is 4.98 Å². The molecule has 0 spiro atoms. The summed E-state index contributed by atoms with van der Waals surface area (Å²) >= 11 is 6.25. The molecular formula is C28H22ClN3O. The zero-order valence-corrected chi connectivity index (χ0v) is 18.7. The second-order valence-electron chi connectivity index (χ2n) is 8.58. The summed E-state index contributed by atoms with van der Waals surface area (Å²) in [5.74, 6) is 1.10. The topological polar surface area (TPSA) is 38.1 Å². The van der Waals surface area contributed by atoms with Gasteiger partial charge < -0.3 is 9.47 Å². The van der Waals surface area contributed by atoms with Crippen molar-refractivity contribution >= 4 is 45.0 Å². The molecule has 5 heteroatoms. The second kappa shape index (κ2) is 8.05. The quantitative estimate of drug-likeness (QED) is 0.316. The maximum absolute atomic E-state index is 13.2. The summed E-state index contributed by atoms with van der Waals surface area (Å²) in [4.78, 5) is 20.1. The van der Waals surface area contributed by atoms with Gasteiger partial charge in [0.2, 0.25) is 5.91 Å². The number of para-hydroxylation sites is 2. The Bertz CT molecular complexity index is 1500. The molecule has 0 radical (unpaired) electrons. The molecule has 1 amide bonds. The van der Waals surface area contributed by atoms with Gasteiger partial charge in [-0.1, -0.05) is 72.3 Å². The van der Waals surface area contributed by atoms with Gasteiger partial charge in [0.15, 0.2) is 0 Å². The van der Waals surface area contributed by atoms with Gasteiger partial charge in [0, 0.05) is 35.8 Å². The van der Waals surface area contributed by atoms with Crippen molar-refractivity contribution in [1.29, 1.82) is 0 Å². The molecular weight excluding hydrogens is 430 g/mol. The number of hydrogen-bond donors (Lipinski definition) is 0. The molecule has 0 N–H and O–H groups in total.